The van der Waals surface area contributed by atoms with Crippen molar-refractivity contribution in [3.8, 4) is 17.7 Å². The average molecular weight is 549 g/mol. The molecule has 0 bridgehead atoms. The predicted molar refractivity (Wildman–Crippen MR) is 156 cm³/mol. The fraction of sp³-hybridized carbons (Fsp3) is 0.483. The fourth-order valence-corrected chi connectivity index (χ4v) is 3.84. The molecule has 0 spiro atoms. The summed E-state index contributed by atoms with van der Waals surface area (Å²) in [5.74, 6) is 7.92. The summed E-state index contributed by atoms with van der Waals surface area (Å²) in [6.45, 7) is 5.24. The first-order valence-electron chi connectivity index (χ1n) is 13.5. The first-order valence-corrected chi connectivity index (χ1v) is 13.5. The minimum absolute atomic E-state index is 0.0416. The van der Waals surface area contributed by atoms with Crippen molar-refractivity contribution in [3.63, 3.8) is 0 Å². The lowest BCUT2D eigenvalue weighted by Crippen LogP contribution is -2.51. The number of methoxy groups -OCH3 is 1. The van der Waals surface area contributed by atoms with Gasteiger partial charge in [0.25, 0.3) is 0 Å². The summed E-state index contributed by atoms with van der Waals surface area (Å²) in [4.78, 5) is 41.6. The molecule has 1 aliphatic carbocycles. The Bertz CT molecular complexity index is 1250. The molecule has 2 aromatic heterocycles. The van der Waals surface area contributed by atoms with E-state index in [-0.39, 0.29) is 23.8 Å². The van der Waals surface area contributed by atoms with E-state index in [0.717, 1.165) is 37.1 Å². The van der Waals surface area contributed by atoms with E-state index in [1.807, 2.05) is 25.1 Å². The van der Waals surface area contributed by atoms with E-state index < -0.39 is 6.04 Å². The molecule has 0 aromatic carbocycles. The number of hydrogen-bond acceptors (Lipinski definition) is 9. The Labute approximate surface area is 236 Å². The molecule has 1 saturated carbocycles. The van der Waals surface area contributed by atoms with Crippen LogP contribution in [0.2, 0.25) is 0 Å². The van der Waals surface area contributed by atoms with Gasteiger partial charge in [0.15, 0.2) is 0 Å². The smallest absolute Gasteiger partial charge is 0.246 e. The van der Waals surface area contributed by atoms with E-state index in [4.69, 9.17) is 4.74 Å². The van der Waals surface area contributed by atoms with Crippen LogP contribution in [0.1, 0.15) is 38.7 Å². The minimum Gasteiger partial charge on any atom is -0.481 e. The van der Waals surface area contributed by atoms with Crippen molar-refractivity contribution >= 4 is 29.3 Å². The van der Waals surface area contributed by atoms with Gasteiger partial charge < -0.3 is 30.5 Å². The lowest BCUT2D eigenvalue weighted by Gasteiger charge is -2.34. The van der Waals surface area contributed by atoms with Gasteiger partial charge >= 0.3 is 0 Å². The summed E-state index contributed by atoms with van der Waals surface area (Å²) >= 11 is 0. The van der Waals surface area contributed by atoms with Gasteiger partial charge in [-0.1, -0.05) is 24.8 Å². The number of likely N-dealkylation sites (N-methyl/N-ethyl adjacent to an activating group) is 2. The highest BCUT2D eigenvalue weighted by molar-refractivity contribution is 5.92. The minimum atomic E-state index is -0.564. The van der Waals surface area contributed by atoms with Crippen LogP contribution in [0.25, 0.3) is 0 Å². The molecule has 11 nitrogen and oxygen atoms in total. The number of amides is 2. The lowest BCUT2D eigenvalue weighted by atomic mass is 9.80. The molecule has 3 N–H and O–H groups in total. The fourth-order valence-electron chi connectivity index (χ4n) is 3.84. The molecule has 214 valence electrons. The molecule has 0 saturated heterocycles. The summed E-state index contributed by atoms with van der Waals surface area (Å²) in [6, 6.07) is 3.05. The Balaban J connectivity index is 1.55. The third-order valence-electron chi connectivity index (χ3n) is 6.47. The van der Waals surface area contributed by atoms with Crippen LogP contribution < -0.4 is 20.7 Å². The van der Waals surface area contributed by atoms with Crippen molar-refractivity contribution in [2.45, 2.75) is 45.2 Å². The molecule has 1 atom stereocenters. The highest BCUT2D eigenvalue weighted by Crippen LogP contribution is 2.27. The highest BCUT2D eigenvalue weighted by Gasteiger charge is 2.31. The summed E-state index contributed by atoms with van der Waals surface area (Å²) < 4.78 is 5.17. The lowest BCUT2D eigenvalue weighted by molar-refractivity contribution is -0.135. The number of aromatic nitrogens is 3. The maximum atomic E-state index is 12.7. The Morgan fingerprint density at radius 2 is 2.02 bits per heavy atom. The third-order valence-corrected chi connectivity index (χ3v) is 6.47. The third kappa shape index (κ3) is 8.95. The molecule has 2 amide bonds. The van der Waals surface area contributed by atoms with Crippen molar-refractivity contribution in [1.82, 2.24) is 30.1 Å². The number of pyridine rings is 1. The second kappa shape index (κ2) is 14.8. The van der Waals surface area contributed by atoms with E-state index in [0.29, 0.717) is 24.2 Å². The van der Waals surface area contributed by atoms with Gasteiger partial charge in [-0.2, -0.15) is 4.98 Å². The molecule has 0 aliphatic heterocycles. The van der Waals surface area contributed by atoms with Gasteiger partial charge in [-0.05, 0) is 46.3 Å². The van der Waals surface area contributed by atoms with Crippen molar-refractivity contribution in [2.75, 3.05) is 52.0 Å². The first-order chi connectivity index (χ1) is 19.2. The van der Waals surface area contributed by atoms with Crippen molar-refractivity contribution in [1.29, 1.82) is 0 Å². The Morgan fingerprint density at radius 1 is 1.25 bits per heavy atom. The van der Waals surface area contributed by atoms with Crippen LogP contribution in [-0.2, 0) is 9.59 Å². The zero-order chi connectivity index (χ0) is 29.1. The van der Waals surface area contributed by atoms with Gasteiger partial charge in [0.2, 0.25) is 23.6 Å². The van der Waals surface area contributed by atoms with Crippen molar-refractivity contribution in [3.05, 3.63) is 42.2 Å². The van der Waals surface area contributed by atoms with Crippen LogP contribution >= 0.6 is 0 Å². The standard InChI is InChI=1S/C29H40N8O3/c1-7-13-31-27-22(19-32-29(35-27)34-23-12-14-30-25(18-23)40-6)11-10-21-16-24(17-21)33-28(39)20(2)37(5)26(38)9-8-15-36(3)4/h8-9,12,14,18-21,24H,7,13,15-17H2,1-6H3,(H,33,39)(H2,30,31,32,34,35)/b9-8+/t20-,21?,24?/m0/s1. The molecule has 1 aliphatic rings. The Morgan fingerprint density at radius 3 is 2.73 bits per heavy atom. The van der Waals surface area contributed by atoms with Gasteiger partial charge in [-0.3, -0.25) is 9.59 Å². The Hall–Kier alpha value is -4.17. The van der Waals surface area contributed by atoms with Crippen LogP contribution in [0, 0.1) is 17.8 Å². The summed E-state index contributed by atoms with van der Waals surface area (Å²) in [7, 11) is 7.06. The number of anilines is 3. The second-order valence-electron chi connectivity index (χ2n) is 10.0. The largest absolute Gasteiger partial charge is 0.481 e. The van der Waals surface area contributed by atoms with Gasteiger partial charge in [0, 0.05) is 56.1 Å². The van der Waals surface area contributed by atoms with Crippen molar-refractivity contribution < 1.29 is 14.3 Å². The van der Waals surface area contributed by atoms with E-state index in [2.05, 4.69) is 49.7 Å². The maximum Gasteiger partial charge on any atom is 0.246 e. The SMILES string of the molecule is CCCNc1nc(Nc2ccnc(OC)c2)ncc1C#CC1CC(NC(=O)[C@H](C)N(C)C(=O)/C=C/CN(C)C)C1. The normalized spacial score (nSPS) is 16.9. The number of carbonyl (C=O) groups excluding carboxylic acids is 2. The number of rotatable bonds is 12. The van der Waals surface area contributed by atoms with Gasteiger partial charge in [0.1, 0.15) is 11.9 Å². The molecular weight excluding hydrogens is 508 g/mol. The van der Waals surface area contributed by atoms with Gasteiger partial charge in [-0.25, -0.2) is 9.97 Å². The molecular formula is C29H40N8O3. The van der Waals surface area contributed by atoms with E-state index in [9.17, 15) is 9.59 Å². The zero-order valence-corrected chi connectivity index (χ0v) is 24.2. The van der Waals surface area contributed by atoms with E-state index in [1.54, 1.807) is 45.6 Å². The summed E-state index contributed by atoms with van der Waals surface area (Å²) in [5, 5.41) is 9.54. The van der Waals surface area contributed by atoms with E-state index in [1.165, 1.54) is 11.0 Å². The quantitative estimate of drug-likeness (QED) is 0.271. The maximum absolute atomic E-state index is 12.7. The van der Waals surface area contributed by atoms with Crippen LogP contribution in [0.3, 0.4) is 0 Å². The van der Waals surface area contributed by atoms with E-state index >= 15 is 0 Å². The topological polar surface area (TPSA) is 125 Å². The summed E-state index contributed by atoms with van der Waals surface area (Å²) in [5.41, 5.74) is 1.48. The van der Waals surface area contributed by atoms with Crippen molar-refractivity contribution in [2.24, 2.45) is 5.92 Å². The predicted octanol–water partition coefficient (Wildman–Crippen LogP) is 2.66. The van der Waals surface area contributed by atoms with Crippen LogP contribution in [0.15, 0.2) is 36.7 Å². The van der Waals surface area contributed by atoms with Crippen LogP contribution in [-0.4, -0.2) is 90.0 Å². The number of nitrogens with one attached hydrogen (secondary N) is 3. The monoisotopic (exact) mass is 548 g/mol. The number of carbonyl (C=O) groups is 2. The summed E-state index contributed by atoms with van der Waals surface area (Å²) in [6.07, 6.45) is 9.10. The number of hydrogen-bond donors (Lipinski definition) is 3. The molecule has 0 unspecified atom stereocenters. The van der Waals surface area contributed by atoms with Crippen LogP contribution in [0.5, 0.6) is 5.88 Å². The molecule has 2 heterocycles. The molecule has 1 fully saturated rings. The molecule has 2 aromatic rings. The molecule has 11 heteroatoms. The van der Waals surface area contributed by atoms with Gasteiger partial charge in [0.05, 0.1) is 18.9 Å². The first kappa shape index (κ1) is 30.4. The zero-order valence-electron chi connectivity index (χ0n) is 24.2. The average Bonchev–Trinajstić information content (AvgIpc) is 2.92. The highest BCUT2D eigenvalue weighted by atomic mass is 16.5. The molecule has 0 radical (unpaired) electrons. The Kier molecular flexibility index (Phi) is 11.3. The van der Waals surface area contributed by atoms with Crippen LogP contribution in [0.4, 0.5) is 17.5 Å². The second-order valence-corrected chi connectivity index (χ2v) is 10.0. The van der Waals surface area contributed by atoms with Gasteiger partial charge in [-0.15, -0.1) is 0 Å². The molecule has 40 heavy (non-hydrogen) atoms. The number of ether oxygens (including phenoxy) is 1. The molecule has 3 rings (SSSR count). The number of nitrogens with zero attached hydrogens (tertiary/aromatic N) is 5.